The van der Waals surface area contributed by atoms with Crippen LogP contribution >= 0.6 is 24.0 Å². The van der Waals surface area contributed by atoms with E-state index >= 15 is 0 Å². The molecule has 146 valence electrons. The highest BCUT2D eigenvalue weighted by Gasteiger charge is 2.21. The Labute approximate surface area is 168 Å². The van der Waals surface area contributed by atoms with Crippen LogP contribution in [0.1, 0.15) is 24.1 Å². The van der Waals surface area contributed by atoms with Crippen molar-refractivity contribution in [2.75, 3.05) is 13.3 Å². The van der Waals surface area contributed by atoms with Crippen LogP contribution in [-0.2, 0) is 21.2 Å². The van der Waals surface area contributed by atoms with Gasteiger partial charge in [-0.05, 0) is 54.7 Å². The molecule has 0 fully saturated rings. The van der Waals surface area contributed by atoms with Gasteiger partial charge >= 0.3 is 0 Å². The van der Waals surface area contributed by atoms with Gasteiger partial charge in [-0.3, -0.25) is 9.52 Å². The number of carbonyl (C=O) groups excluding carboxylic acids is 1. The highest BCUT2D eigenvalue weighted by molar-refractivity contribution is 7.99. The van der Waals surface area contributed by atoms with E-state index in [1.807, 2.05) is 19.2 Å². The van der Waals surface area contributed by atoms with Crippen molar-refractivity contribution in [1.82, 2.24) is 20.3 Å². The van der Waals surface area contributed by atoms with Crippen LogP contribution in [0.3, 0.4) is 0 Å². The van der Waals surface area contributed by atoms with E-state index in [9.17, 15) is 13.2 Å². The normalized spacial score (nSPS) is 12.3. The van der Waals surface area contributed by atoms with Crippen LogP contribution in [0.2, 0.25) is 0 Å². The van der Waals surface area contributed by atoms with Gasteiger partial charge < -0.3 is 15.6 Å². The Balaban J connectivity index is 2.18. The molecular weight excluding hydrogens is 404 g/mol. The second-order valence-corrected chi connectivity index (χ2v) is 8.69. The van der Waals surface area contributed by atoms with Crippen LogP contribution in [0.5, 0.6) is 0 Å². The van der Waals surface area contributed by atoms with Crippen LogP contribution < -0.4 is 15.4 Å². The average Bonchev–Trinajstić information content (AvgIpc) is 3.16. The van der Waals surface area contributed by atoms with Crippen molar-refractivity contribution in [3.05, 3.63) is 47.8 Å². The number of rotatable bonds is 7. The molecule has 1 heterocycles. The van der Waals surface area contributed by atoms with Gasteiger partial charge in [-0.15, -0.1) is 11.8 Å². The summed E-state index contributed by atoms with van der Waals surface area (Å²) < 4.78 is 27.5. The number of sulfonamides is 1. The second kappa shape index (κ2) is 9.25. The van der Waals surface area contributed by atoms with Gasteiger partial charge in [0, 0.05) is 24.3 Å². The van der Waals surface area contributed by atoms with Crippen molar-refractivity contribution < 1.29 is 13.2 Å². The predicted octanol–water partition coefficient (Wildman–Crippen LogP) is 1.94. The summed E-state index contributed by atoms with van der Waals surface area (Å²) in [5.41, 5.74) is 1.57. The predicted molar refractivity (Wildman–Crippen MR) is 111 cm³/mol. The number of benzene rings is 1. The maximum Gasteiger partial charge on any atom is 0.264 e. The maximum absolute atomic E-state index is 12.6. The highest BCUT2D eigenvalue weighted by atomic mass is 32.2. The van der Waals surface area contributed by atoms with Crippen LogP contribution in [0.25, 0.3) is 0 Å². The molecule has 4 N–H and O–H groups in total. The number of carbonyl (C=O) groups is 1. The van der Waals surface area contributed by atoms with E-state index in [0.29, 0.717) is 10.5 Å². The largest absolute Gasteiger partial charge is 0.367 e. The molecule has 1 unspecified atom stereocenters. The van der Waals surface area contributed by atoms with Crippen molar-refractivity contribution in [1.29, 1.82) is 0 Å². The lowest BCUT2D eigenvalue weighted by molar-refractivity contribution is -0.121. The Bertz CT molecular complexity index is 912. The van der Waals surface area contributed by atoms with Gasteiger partial charge in [0.1, 0.15) is 4.90 Å². The zero-order chi connectivity index (χ0) is 20.0. The fourth-order valence-corrected chi connectivity index (χ4v) is 4.90. The first-order valence-corrected chi connectivity index (χ1v) is 11.2. The number of thioether (sulfide) groups is 1. The molecule has 7 nitrogen and oxygen atoms in total. The van der Waals surface area contributed by atoms with E-state index in [-0.39, 0.29) is 28.4 Å². The zero-order valence-electron chi connectivity index (χ0n) is 15.2. The summed E-state index contributed by atoms with van der Waals surface area (Å²) in [6.45, 7) is 1.89. The van der Waals surface area contributed by atoms with Gasteiger partial charge in [0.25, 0.3) is 10.0 Å². The van der Waals surface area contributed by atoms with E-state index in [1.165, 1.54) is 24.9 Å². The highest BCUT2D eigenvalue weighted by Crippen LogP contribution is 2.26. The van der Waals surface area contributed by atoms with Crippen molar-refractivity contribution in [2.45, 2.75) is 29.2 Å². The lowest BCUT2D eigenvalue weighted by atomic mass is 10.1. The fourth-order valence-electron chi connectivity index (χ4n) is 2.44. The fraction of sp³-hybridized carbons (Fsp3) is 0.294. The molecule has 0 aliphatic rings. The Morgan fingerprint density at radius 1 is 1.33 bits per heavy atom. The Hall–Kier alpha value is -2.04. The lowest BCUT2D eigenvalue weighted by Crippen LogP contribution is -2.37. The number of hydrogen-bond donors (Lipinski definition) is 4. The summed E-state index contributed by atoms with van der Waals surface area (Å²) in [5.74, 6) is -0.192. The quantitative estimate of drug-likeness (QED) is 0.399. The number of aromatic amines is 1. The third-order valence-electron chi connectivity index (χ3n) is 3.84. The molecule has 1 atom stereocenters. The van der Waals surface area contributed by atoms with Gasteiger partial charge in [0.2, 0.25) is 5.91 Å². The second-order valence-electron chi connectivity index (χ2n) is 5.78. The van der Waals surface area contributed by atoms with Crippen molar-refractivity contribution in [3.63, 3.8) is 0 Å². The molecule has 0 saturated heterocycles. The monoisotopic (exact) mass is 426 g/mol. The lowest BCUT2D eigenvalue weighted by Gasteiger charge is -2.15. The summed E-state index contributed by atoms with van der Waals surface area (Å²) in [7, 11) is -2.31. The van der Waals surface area contributed by atoms with Gasteiger partial charge in [-0.1, -0.05) is 6.07 Å². The maximum atomic E-state index is 12.6. The first kappa shape index (κ1) is 21.3. The summed E-state index contributed by atoms with van der Waals surface area (Å²) in [5, 5.41) is 5.48. The number of amides is 1. The van der Waals surface area contributed by atoms with Crippen LogP contribution in [-0.4, -0.2) is 37.7 Å². The van der Waals surface area contributed by atoms with E-state index in [0.717, 1.165) is 5.56 Å². The van der Waals surface area contributed by atoms with E-state index in [2.05, 4.69) is 20.3 Å². The molecular formula is C17H22N4O3S3. The smallest absolute Gasteiger partial charge is 0.264 e. The third-order valence-corrected chi connectivity index (χ3v) is 6.59. The van der Waals surface area contributed by atoms with Crippen LogP contribution in [0.4, 0.5) is 0 Å². The van der Waals surface area contributed by atoms with E-state index in [4.69, 9.17) is 12.2 Å². The summed E-state index contributed by atoms with van der Waals surface area (Å²) in [6.07, 6.45) is 5.47. The molecule has 0 spiro atoms. The minimum Gasteiger partial charge on any atom is -0.367 e. The molecule has 1 amide bonds. The molecule has 0 aliphatic heterocycles. The standard InChI is InChI=1S/C17H22N4O3S3/c1-11(13-6-7-19-10-13)20-16(22)9-12-4-5-14(26-3)15(8-12)27(23,24)21-17(25)18-2/h4-8,10-11,19H,9H2,1-3H3,(H,20,22)(H2,18,21,25). The van der Waals surface area contributed by atoms with Gasteiger partial charge in [-0.2, -0.15) is 0 Å². The third kappa shape index (κ3) is 5.72. The van der Waals surface area contributed by atoms with Crippen LogP contribution in [0.15, 0.2) is 46.5 Å². The van der Waals surface area contributed by atoms with Gasteiger partial charge in [0.15, 0.2) is 5.11 Å². The van der Waals surface area contributed by atoms with Crippen LogP contribution in [0, 0.1) is 0 Å². The summed E-state index contributed by atoms with van der Waals surface area (Å²) in [6, 6.07) is 6.69. The van der Waals surface area contributed by atoms with Crippen molar-refractivity contribution in [2.24, 2.45) is 0 Å². The number of thiocarbonyl (C=S) groups is 1. The Morgan fingerprint density at radius 2 is 2.07 bits per heavy atom. The molecule has 2 aromatic rings. The minimum absolute atomic E-state index is 0.00512. The number of H-pyrrole nitrogens is 1. The molecule has 0 bridgehead atoms. The molecule has 10 heteroatoms. The molecule has 2 rings (SSSR count). The molecule has 0 saturated carbocycles. The number of hydrogen-bond acceptors (Lipinski definition) is 5. The Morgan fingerprint density at radius 3 is 2.67 bits per heavy atom. The topological polar surface area (TPSA) is 103 Å². The number of nitrogens with one attached hydrogen (secondary N) is 4. The summed E-state index contributed by atoms with van der Waals surface area (Å²) in [4.78, 5) is 16.0. The molecule has 27 heavy (non-hydrogen) atoms. The SMILES string of the molecule is CNC(=S)NS(=O)(=O)c1cc(CC(=O)NC(C)c2cc[nH]c2)ccc1SC. The minimum atomic E-state index is -3.84. The summed E-state index contributed by atoms with van der Waals surface area (Å²) >= 11 is 6.20. The van der Waals surface area contributed by atoms with Crippen molar-refractivity contribution in [3.8, 4) is 0 Å². The molecule has 1 aromatic carbocycles. The van der Waals surface area contributed by atoms with Gasteiger partial charge in [0.05, 0.1) is 12.5 Å². The Kier molecular flexibility index (Phi) is 7.28. The molecule has 0 aliphatic carbocycles. The van der Waals surface area contributed by atoms with E-state index in [1.54, 1.807) is 24.6 Å². The van der Waals surface area contributed by atoms with Crippen molar-refractivity contribution >= 4 is 45.0 Å². The molecule has 1 aromatic heterocycles. The van der Waals surface area contributed by atoms with E-state index < -0.39 is 10.0 Å². The zero-order valence-corrected chi connectivity index (χ0v) is 17.6. The first-order valence-electron chi connectivity index (χ1n) is 8.10. The van der Waals surface area contributed by atoms with Gasteiger partial charge in [-0.25, -0.2) is 8.42 Å². The average molecular weight is 427 g/mol. The number of aromatic nitrogens is 1. The molecule has 0 radical (unpaired) electrons. The first-order chi connectivity index (χ1) is 12.8.